The molecular weight excluding hydrogens is 290 g/mol. The first kappa shape index (κ1) is 15.0. The number of nitrogens with zero attached hydrogens (tertiary/aromatic N) is 2. The van der Waals surface area contributed by atoms with Crippen molar-refractivity contribution in [1.82, 2.24) is 9.38 Å². The maximum Gasteiger partial charge on any atom is 0.281 e. The Morgan fingerprint density at radius 2 is 1.91 bits per heavy atom. The van der Waals surface area contributed by atoms with Gasteiger partial charge in [-0.25, -0.2) is 4.98 Å². The number of hydrogen-bond acceptors (Lipinski definition) is 3. The third kappa shape index (κ3) is 2.73. The molecule has 1 N–H and O–H groups in total. The lowest BCUT2D eigenvalue weighted by Crippen LogP contribution is -2.25. The van der Waals surface area contributed by atoms with Crippen molar-refractivity contribution >= 4 is 17.2 Å². The molecule has 1 amide bonds. The Morgan fingerprint density at radius 1 is 1.13 bits per heavy atom. The van der Waals surface area contributed by atoms with Crippen LogP contribution in [-0.2, 0) is 0 Å². The zero-order valence-electron chi connectivity index (χ0n) is 13.3. The minimum atomic E-state index is -0.316. The van der Waals surface area contributed by atoms with Gasteiger partial charge >= 0.3 is 0 Å². The number of aromatic nitrogens is 2. The van der Waals surface area contributed by atoms with Crippen molar-refractivity contribution in [3.8, 4) is 0 Å². The summed E-state index contributed by atoms with van der Waals surface area (Å²) in [6.07, 6.45) is 1.65. The van der Waals surface area contributed by atoms with Gasteiger partial charge in [-0.3, -0.25) is 14.0 Å². The first-order chi connectivity index (χ1) is 11.0. The van der Waals surface area contributed by atoms with Crippen LogP contribution in [0.3, 0.4) is 0 Å². The smallest absolute Gasteiger partial charge is 0.281 e. The second kappa shape index (κ2) is 5.68. The molecule has 0 spiro atoms. The number of fused-ring (bicyclic) bond motifs is 1. The van der Waals surface area contributed by atoms with E-state index in [1.165, 1.54) is 4.40 Å². The second-order valence-corrected chi connectivity index (χ2v) is 5.59. The first-order valence-electron chi connectivity index (χ1n) is 7.34. The van der Waals surface area contributed by atoms with Crippen LogP contribution in [-0.4, -0.2) is 15.3 Å². The van der Waals surface area contributed by atoms with Crippen molar-refractivity contribution in [2.75, 3.05) is 5.32 Å². The molecule has 0 radical (unpaired) electrons. The van der Waals surface area contributed by atoms with E-state index in [0.717, 1.165) is 11.1 Å². The van der Waals surface area contributed by atoms with Crippen LogP contribution in [0.15, 0.2) is 47.4 Å². The Morgan fingerprint density at radius 3 is 2.65 bits per heavy atom. The van der Waals surface area contributed by atoms with Crippen molar-refractivity contribution < 1.29 is 4.79 Å². The van der Waals surface area contributed by atoms with Crippen molar-refractivity contribution in [1.29, 1.82) is 0 Å². The molecule has 0 saturated heterocycles. The van der Waals surface area contributed by atoms with Crippen molar-refractivity contribution in [3.05, 3.63) is 75.3 Å². The summed E-state index contributed by atoms with van der Waals surface area (Å²) in [4.78, 5) is 29.5. The SMILES string of the molecule is Cc1cccc(C(=O)Nc2c(C)nc3c(C)cccn3c2=O)c1. The molecule has 2 heterocycles. The Bertz CT molecular complexity index is 974. The summed E-state index contributed by atoms with van der Waals surface area (Å²) in [5.74, 6) is -0.316. The molecule has 0 aliphatic rings. The maximum absolute atomic E-state index is 12.6. The average molecular weight is 307 g/mol. The third-order valence-corrected chi connectivity index (χ3v) is 3.75. The summed E-state index contributed by atoms with van der Waals surface area (Å²) < 4.78 is 1.45. The molecular formula is C18H17N3O2. The molecule has 1 aromatic carbocycles. The monoisotopic (exact) mass is 307 g/mol. The van der Waals surface area contributed by atoms with Gasteiger partial charge in [0, 0.05) is 11.8 Å². The van der Waals surface area contributed by atoms with E-state index in [1.54, 1.807) is 31.3 Å². The molecule has 0 aliphatic carbocycles. The predicted octanol–water partition coefficient (Wildman–Crippen LogP) is 2.87. The van der Waals surface area contributed by atoms with Gasteiger partial charge in [-0.1, -0.05) is 23.8 Å². The standard InChI is InChI=1S/C18H17N3O2/c1-11-6-4-8-14(10-11)17(22)20-15-13(3)19-16-12(2)7-5-9-21(16)18(15)23/h4-10H,1-3H3,(H,20,22). The van der Waals surface area contributed by atoms with Crippen molar-refractivity contribution in [2.24, 2.45) is 0 Å². The Kier molecular flexibility index (Phi) is 3.70. The van der Waals surface area contributed by atoms with Gasteiger partial charge in [-0.15, -0.1) is 0 Å². The average Bonchev–Trinajstić information content (AvgIpc) is 2.52. The quantitative estimate of drug-likeness (QED) is 0.792. The van der Waals surface area contributed by atoms with E-state index in [4.69, 9.17) is 0 Å². The third-order valence-electron chi connectivity index (χ3n) is 3.75. The number of amides is 1. The van der Waals surface area contributed by atoms with E-state index in [-0.39, 0.29) is 17.2 Å². The number of carbonyl (C=O) groups excluding carboxylic acids is 1. The number of hydrogen-bond donors (Lipinski definition) is 1. The molecule has 0 aliphatic heterocycles. The molecule has 0 saturated carbocycles. The van der Waals surface area contributed by atoms with Gasteiger partial charge in [-0.05, 0) is 44.5 Å². The fourth-order valence-electron chi connectivity index (χ4n) is 2.52. The predicted molar refractivity (Wildman–Crippen MR) is 90.1 cm³/mol. The lowest BCUT2D eigenvalue weighted by atomic mass is 10.1. The molecule has 3 aromatic rings. The van der Waals surface area contributed by atoms with Crippen LogP contribution in [0.4, 0.5) is 5.69 Å². The summed E-state index contributed by atoms with van der Waals surface area (Å²) in [7, 11) is 0. The zero-order chi connectivity index (χ0) is 16.6. The van der Waals surface area contributed by atoms with Crippen LogP contribution in [0.25, 0.3) is 5.65 Å². The molecule has 116 valence electrons. The number of aryl methyl sites for hydroxylation is 3. The van der Waals surface area contributed by atoms with Gasteiger partial charge in [0.2, 0.25) is 0 Å². The van der Waals surface area contributed by atoms with E-state index in [2.05, 4.69) is 10.3 Å². The summed E-state index contributed by atoms with van der Waals surface area (Å²) in [5.41, 5.74) is 3.44. The molecule has 0 fully saturated rings. The fraction of sp³-hybridized carbons (Fsp3) is 0.167. The maximum atomic E-state index is 12.6. The van der Waals surface area contributed by atoms with Crippen LogP contribution < -0.4 is 10.9 Å². The van der Waals surface area contributed by atoms with Crippen LogP contribution in [0, 0.1) is 20.8 Å². The number of benzene rings is 1. The number of carbonyl (C=O) groups is 1. The van der Waals surface area contributed by atoms with E-state index in [9.17, 15) is 9.59 Å². The lowest BCUT2D eigenvalue weighted by Gasteiger charge is -2.11. The van der Waals surface area contributed by atoms with Crippen LogP contribution >= 0.6 is 0 Å². The summed E-state index contributed by atoms with van der Waals surface area (Å²) in [5, 5.41) is 2.70. The topological polar surface area (TPSA) is 63.5 Å². The molecule has 5 heteroatoms. The van der Waals surface area contributed by atoms with E-state index in [0.29, 0.717) is 16.9 Å². The molecule has 0 bridgehead atoms. The van der Waals surface area contributed by atoms with Crippen molar-refractivity contribution in [2.45, 2.75) is 20.8 Å². The largest absolute Gasteiger partial charge is 0.316 e. The number of rotatable bonds is 2. The number of pyridine rings is 1. The normalized spacial score (nSPS) is 10.7. The summed E-state index contributed by atoms with van der Waals surface area (Å²) in [6.45, 7) is 5.53. The lowest BCUT2D eigenvalue weighted by molar-refractivity contribution is 0.102. The Labute approximate surface area is 133 Å². The van der Waals surface area contributed by atoms with Gasteiger partial charge in [0.1, 0.15) is 11.3 Å². The molecule has 0 unspecified atom stereocenters. The van der Waals surface area contributed by atoms with Gasteiger partial charge in [0.25, 0.3) is 11.5 Å². The van der Waals surface area contributed by atoms with E-state index < -0.39 is 0 Å². The van der Waals surface area contributed by atoms with Crippen LogP contribution in [0.5, 0.6) is 0 Å². The van der Waals surface area contributed by atoms with Gasteiger partial charge in [0.15, 0.2) is 0 Å². The van der Waals surface area contributed by atoms with Crippen molar-refractivity contribution in [3.63, 3.8) is 0 Å². The Hall–Kier alpha value is -2.95. The van der Waals surface area contributed by atoms with Crippen LogP contribution in [0.1, 0.15) is 27.2 Å². The highest BCUT2D eigenvalue weighted by molar-refractivity contribution is 6.04. The van der Waals surface area contributed by atoms with Gasteiger partial charge in [0.05, 0.1) is 5.69 Å². The zero-order valence-corrected chi connectivity index (χ0v) is 13.3. The highest BCUT2D eigenvalue weighted by Crippen LogP contribution is 2.13. The molecule has 23 heavy (non-hydrogen) atoms. The van der Waals surface area contributed by atoms with E-state index in [1.807, 2.05) is 32.0 Å². The fourth-order valence-corrected chi connectivity index (χ4v) is 2.52. The second-order valence-electron chi connectivity index (χ2n) is 5.59. The number of nitrogens with one attached hydrogen (secondary N) is 1. The first-order valence-corrected chi connectivity index (χ1v) is 7.34. The minimum Gasteiger partial charge on any atom is -0.316 e. The summed E-state index contributed by atoms with van der Waals surface area (Å²) >= 11 is 0. The number of anilines is 1. The van der Waals surface area contributed by atoms with E-state index >= 15 is 0 Å². The molecule has 5 nitrogen and oxygen atoms in total. The molecule has 3 rings (SSSR count). The van der Waals surface area contributed by atoms with Gasteiger partial charge in [-0.2, -0.15) is 0 Å². The minimum absolute atomic E-state index is 0.208. The highest BCUT2D eigenvalue weighted by atomic mass is 16.2. The molecule has 2 aromatic heterocycles. The summed E-state index contributed by atoms with van der Waals surface area (Å²) in [6, 6.07) is 10.9. The Balaban J connectivity index is 2.07. The molecule has 0 atom stereocenters. The van der Waals surface area contributed by atoms with Crippen LogP contribution in [0.2, 0.25) is 0 Å². The van der Waals surface area contributed by atoms with Gasteiger partial charge < -0.3 is 5.32 Å². The highest BCUT2D eigenvalue weighted by Gasteiger charge is 2.14.